The highest BCUT2D eigenvalue weighted by Gasteiger charge is 2.11. The van der Waals surface area contributed by atoms with Gasteiger partial charge in [0.15, 0.2) is 11.5 Å². The van der Waals surface area contributed by atoms with Gasteiger partial charge >= 0.3 is 6.03 Å². The average Bonchev–Trinajstić information content (AvgIpc) is 2.60. The van der Waals surface area contributed by atoms with Crippen molar-refractivity contribution in [3.8, 4) is 11.5 Å². The maximum absolute atomic E-state index is 12.2. The van der Waals surface area contributed by atoms with Crippen molar-refractivity contribution in [1.29, 1.82) is 0 Å². The van der Waals surface area contributed by atoms with Gasteiger partial charge in [0.25, 0.3) is 0 Å². The molecule has 0 saturated heterocycles. The summed E-state index contributed by atoms with van der Waals surface area (Å²) >= 11 is 0. The van der Waals surface area contributed by atoms with E-state index in [9.17, 15) is 4.79 Å². The predicted molar refractivity (Wildman–Crippen MR) is 95.7 cm³/mol. The zero-order valence-corrected chi connectivity index (χ0v) is 13.9. The number of benzene rings is 2. The number of ether oxygens (including phenoxy) is 2. The van der Waals surface area contributed by atoms with Gasteiger partial charge in [-0.15, -0.1) is 0 Å². The van der Waals surface area contributed by atoms with Crippen molar-refractivity contribution < 1.29 is 14.3 Å². The molecular formula is C19H22N2O3. The van der Waals surface area contributed by atoms with Gasteiger partial charge in [-0.25, -0.2) is 4.79 Å². The van der Waals surface area contributed by atoms with Crippen LogP contribution in [0, 0.1) is 0 Å². The van der Waals surface area contributed by atoms with Crippen LogP contribution in [0.5, 0.6) is 11.5 Å². The Morgan fingerprint density at radius 3 is 2.62 bits per heavy atom. The lowest BCUT2D eigenvalue weighted by molar-refractivity contribution is 0.249. The molecule has 0 radical (unpaired) electrons. The van der Waals surface area contributed by atoms with Crippen LogP contribution >= 0.6 is 0 Å². The minimum Gasteiger partial charge on any atom is -0.493 e. The number of nitrogens with one attached hydrogen (secondary N) is 2. The molecule has 0 aliphatic heterocycles. The fraction of sp³-hybridized carbons (Fsp3) is 0.211. The normalized spacial score (nSPS) is 11.2. The standard InChI is InChI=1S/C19H22N2O3/c1-4-12-24-18-13-16(10-11-17(18)23-3)21-19(22)20-14(2)15-8-6-5-7-9-15/h4-11,13-14H,1,12H2,2-3H3,(H2,20,21,22)/t14-/m0/s1. The van der Waals surface area contributed by atoms with Crippen LogP contribution in [0.4, 0.5) is 10.5 Å². The van der Waals surface area contributed by atoms with Crippen molar-refractivity contribution in [2.24, 2.45) is 0 Å². The highest BCUT2D eigenvalue weighted by Crippen LogP contribution is 2.30. The molecule has 2 N–H and O–H groups in total. The van der Waals surface area contributed by atoms with Crippen LogP contribution in [0.2, 0.25) is 0 Å². The molecular weight excluding hydrogens is 304 g/mol. The third-order valence-electron chi connectivity index (χ3n) is 3.43. The van der Waals surface area contributed by atoms with Crippen LogP contribution in [0.1, 0.15) is 18.5 Å². The second-order valence-corrected chi connectivity index (χ2v) is 5.20. The van der Waals surface area contributed by atoms with E-state index < -0.39 is 0 Å². The van der Waals surface area contributed by atoms with Gasteiger partial charge in [0.1, 0.15) is 6.61 Å². The van der Waals surface area contributed by atoms with Crippen molar-refractivity contribution in [3.63, 3.8) is 0 Å². The van der Waals surface area contributed by atoms with E-state index in [0.717, 1.165) is 5.56 Å². The smallest absolute Gasteiger partial charge is 0.319 e. The second kappa shape index (κ2) is 8.62. The quantitative estimate of drug-likeness (QED) is 0.752. The molecule has 2 rings (SSSR count). The molecule has 2 aromatic carbocycles. The van der Waals surface area contributed by atoms with Crippen molar-refractivity contribution in [2.75, 3.05) is 19.0 Å². The third-order valence-corrected chi connectivity index (χ3v) is 3.43. The molecule has 1 atom stereocenters. The van der Waals surface area contributed by atoms with E-state index in [4.69, 9.17) is 9.47 Å². The largest absolute Gasteiger partial charge is 0.493 e. The number of methoxy groups -OCH3 is 1. The Morgan fingerprint density at radius 1 is 1.21 bits per heavy atom. The van der Waals surface area contributed by atoms with Gasteiger partial charge in [0.05, 0.1) is 13.2 Å². The van der Waals surface area contributed by atoms with E-state index in [0.29, 0.717) is 23.8 Å². The summed E-state index contributed by atoms with van der Waals surface area (Å²) in [7, 11) is 1.57. The molecule has 0 aliphatic carbocycles. The zero-order valence-electron chi connectivity index (χ0n) is 13.9. The van der Waals surface area contributed by atoms with Gasteiger partial charge in [-0.05, 0) is 24.6 Å². The average molecular weight is 326 g/mol. The SMILES string of the molecule is C=CCOc1cc(NC(=O)N[C@@H](C)c2ccccc2)ccc1OC. The maximum Gasteiger partial charge on any atom is 0.319 e. The molecule has 2 aromatic rings. The number of carbonyl (C=O) groups is 1. The van der Waals surface area contributed by atoms with E-state index in [2.05, 4.69) is 17.2 Å². The second-order valence-electron chi connectivity index (χ2n) is 5.20. The minimum absolute atomic E-state index is 0.0964. The Labute approximate surface area is 142 Å². The Kier molecular flexibility index (Phi) is 6.25. The topological polar surface area (TPSA) is 59.6 Å². The van der Waals surface area contributed by atoms with Gasteiger partial charge < -0.3 is 20.1 Å². The number of hydrogen-bond donors (Lipinski definition) is 2. The van der Waals surface area contributed by atoms with Crippen molar-refractivity contribution in [1.82, 2.24) is 5.32 Å². The summed E-state index contributed by atoms with van der Waals surface area (Å²) in [6.45, 7) is 5.91. The van der Waals surface area contributed by atoms with Crippen LogP contribution < -0.4 is 20.1 Å². The zero-order chi connectivity index (χ0) is 17.4. The Hall–Kier alpha value is -2.95. The van der Waals surface area contributed by atoms with Crippen LogP contribution in [0.25, 0.3) is 0 Å². The maximum atomic E-state index is 12.2. The monoisotopic (exact) mass is 326 g/mol. The van der Waals surface area contributed by atoms with Crippen molar-refractivity contribution >= 4 is 11.7 Å². The molecule has 0 unspecified atom stereocenters. The van der Waals surface area contributed by atoms with E-state index in [1.807, 2.05) is 37.3 Å². The number of carbonyl (C=O) groups excluding carboxylic acids is 1. The number of amides is 2. The highest BCUT2D eigenvalue weighted by atomic mass is 16.5. The molecule has 126 valence electrons. The molecule has 0 fully saturated rings. The summed E-state index contributed by atoms with van der Waals surface area (Å²) in [6.07, 6.45) is 1.65. The fourth-order valence-corrected chi connectivity index (χ4v) is 2.20. The molecule has 5 heteroatoms. The van der Waals surface area contributed by atoms with E-state index in [-0.39, 0.29) is 12.1 Å². The van der Waals surface area contributed by atoms with Crippen molar-refractivity contribution in [2.45, 2.75) is 13.0 Å². The Morgan fingerprint density at radius 2 is 1.96 bits per heavy atom. The van der Waals surface area contributed by atoms with Gasteiger partial charge in [-0.1, -0.05) is 43.0 Å². The number of rotatable bonds is 7. The van der Waals surface area contributed by atoms with E-state index >= 15 is 0 Å². The summed E-state index contributed by atoms with van der Waals surface area (Å²) in [6, 6.07) is 14.6. The molecule has 2 amide bonds. The van der Waals surface area contributed by atoms with Crippen LogP contribution in [0.3, 0.4) is 0 Å². The number of hydrogen-bond acceptors (Lipinski definition) is 3. The molecule has 0 heterocycles. The summed E-state index contributed by atoms with van der Waals surface area (Å²) < 4.78 is 10.8. The summed E-state index contributed by atoms with van der Waals surface area (Å²) in [4.78, 5) is 12.2. The molecule has 0 bridgehead atoms. The number of anilines is 1. The molecule has 0 aromatic heterocycles. The molecule has 0 spiro atoms. The lowest BCUT2D eigenvalue weighted by atomic mass is 10.1. The molecule has 24 heavy (non-hydrogen) atoms. The third kappa shape index (κ3) is 4.78. The lowest BCUT2D eigenvalue weighted by Gasteiger charge is -2.16. The van der Waals surface area contributed by atoms with Gasteiger partial charge in [0, 0.05) is 11.8 Å². The van der Waals surface area contributed by atoms with Gasteiger partial charge in [0.2, 0.25) is 0 Å². The van der Waals surface area contributed by atoms with E-state index in [1.165, 1.54) is 0 Å². The van der Waals surface area contributed by atoms with Crippen molar-refractivity contribution in [3.05, 3.63) is 66.7 Å². The highest BCUT2D eigenvalue weighted by molar-refractivity contribution is 5.89. The van der Waals surface area contributed by atoms with Gasteiger partial charge in [-0.3, -0.25) is 0 Å². The lowest BCUT2D eigenvalue weighted by Crippen LogP contribution is -2.31. The number of urea groups is 1. The first-order valence-corrected chi connectivity index (χ1v) is 7.68. The van der Waals surface area contributed by atoms with E-state index in [1.54, 1.807) is 31.4 Å². The van der Waals surface area contributed by atoms with Crippen LogP contribution in [-0.2, 0) is 0 Å². The first-order valence-electron chi connectivity index (χ1n) is 7.68. The van der Waals surface area contributed by atoms with Crippen LogP contribution in [0.15, 0.2) is 61.2 Å². The summed E-state index contributed by atoms with van der Waals surface area (Å²) in [5.41, 5.74) is 1.66. The first kappa shape index (κ1) is 17.4. The Balaban J connectivity index is 2.01. The minimum atomic E-state index is -0.286. The predicted octanol–water partition coefficient (Wildman–Crippen LogP) is 4.14. The molecule has 5 nitrogen and oxygen atoms in total. The molecule has 0 aliphatic rings. The first-order chi connectivity index (χ1) is 11.6. The summed E-state index contributed by atoms with van der Waals surface area (Å²) in [5, 5.41) is 5.70. The Bertz CT molecular complexity index is 686. The molecule has 0 saturated carbocycles. The van der Waals surface area contributed by atoms with Gasteiger partial charge in [-0.2, -0.15) is 0 Å². The fourth-order valence-electron chi connectivity index (χ4n) is 2.20. The van der Waals surface area contributed by atoms with Crippen LogP contribution in [-0.4, -0.2) is 19.7 Å². The summed E-state index contributed by atoms with van der Waals surface area (Å²) in [5.74, 6) is 1.15.